The zero-order chi connectivity index (χ0) is 21.5. The molecule has 0 unspecified atom stereocenters. The molecule has 154 valence electrons. The second-order valence-electron chi connectivity index (χ2n) is 6.61. The lowest BCUT2D eigenvalue weighted by molar-refractivity contribution is -0.130. The van der Waals surface area contributed by atoms with Crippen LogP contribution in [0.2, 0.25) is 0 Å². The molecule has 0 aliphatic carbocycles. The standard InChI is InChI=1S/C23H20Br2N2O3/c1-15-12-18(24)13-19(25)22(15)30-14-20(28)26-27-23(29)21(16-8-4-2-5-9-16)17-10-6-3-7-11-17/h2-13,21H,14H2,1H3,(H,26,28)(H,27,29). The van der Waals surface area contributed by atoms with Crippen LogP contribution in [0.25, 0.3) is 0 Å². The lowest BCUT2D eigenvalue weighted by Crippen LogP contribution is -2.46. The third-order valence-electron chi connectivity index (χ3n) is 4.39. The van der Waals surface area contributed by atoms with Gasteiger partial charge in [0.1, 0.15) is 5.75 Å². The van der Waals surface area contributed by atoms with Gasteiger partial charge >= 0.3 is 0 Å². The van der Waals surface area contributed by atoms with Gasteiger partial charge in [-0.1, -0.05) is 76.6 Å². The molecule has 0 saturated carbocycles. The molecule has 0 aliphatic heterocycles. The quantitative estimate of drug-likeness (QED) is 0.445. The van der Waals surface area contributed by atoms with Gasteiger partial charge in [-0.2, -0.15) is 0 Å². The number of hydrazine groups is 1. The molecule has 0 atom stereocenters. The fourth-order valence-corrected chi connectivity index (χ4v) is 4.59. The number of amides is 2. The first-order valence-corrected chi connectivity index (χ1v) is 10.8. The Hall–Kier alpha value is -2.64. The highest BCUT2D eigenvalue weighted by atomic mass is 79.9. The minimum absolute atomic E-state index is 0.233. The summed E-state index contributed by atoms with van der Waals surface area (Å²) in [5.41, 5.74) is 7.50. The number of benzene rings is 3. The van der Waals surface area contributed by atoms with Crippen LogP contribution in [-0.2, 0) is 9.59 Å². The lowest BCUT2D eigenvalue weighted by Gasteiger charge is -2.18. The van der Waals surface area contributed by atoms with Crippen molar-refractivity contribution in [2.45, 2.75) is 12.8 Å². The molecule has 0 bridgehead atoms. The summed E-state index contributed by atoms with van der Waals surface area (Å²) in [5.74, 6) is -0.762. The number of rotatable bonds is 6. The van der Waals surface area contributed by atoms with E-state index in [9.17, 15) is 9.59 Å². The van der Waals surface area contributed by atoms with Crippen LogP contribution in [0, 0.1) is 6.92 Å². The molecule has 2 N–H and O–H groups in total. The van der Waals surface area contributed by atoms with Crippen LogP contribution >= 0.6 is 31.9 Å². The first kappa shape index (κ1) is 22.1. The maximum Gasteiger partial charge on any atom is 0.276 e. The van der Waals surface area contributed by atoms with Gasteiger partial charge in [0.2, 0.25) is 5.91 Å². The van der Waals surface area contributed by atoms with Gasteiger partial charge in [0.15, 0.2) is 6.61 Å². The van der Waals surface area contributed by atoms with Gasteiger partial charge in [-0.05, 0) is 51.7 Å². The van der Waals surface area contributed by atoms with E-state index >= 15 is 0 Å². The Balaban J connectivity index is 1.64. The molecular weight excluding hydrogens is 512 g/mol. The van der Waals surface area contributed by atoms with Gasteiger partial charge in [-0.15, -0.1) is 0 Å². The van der Waals surface area contributed by atoms with E-state index in [0.29, 0.717) is 5.75 Å². The van der Waals surface area contributed by atoms with Gasteiger partial charge in [0.05, 0.1) is 10.4 Å². The van der Waals surface area contributed by atoms with Crippen LogP contribution in [0.3, 0.4) is 0 Å². The van der Waals surface area contributed by atoms with E-state index in [1.807, 2.05) is 79.7 Å². The van der Waals surface area contributed by atoms with Crippen LogP contribution in [0.15, 0.2) is 81.7 Å². The van der Waals surface area contributed by atoms with Crippen LogP contribution in [-0.4, -0.2) is 18.4 Å². The Morgan fingerprint density at radius 2 is 1.47 bits per heavy atom. The van der Waals surface area contributed by atoms with Gasteiger partial charge in [-0.25, -0.2) is 0 Å². The van der Waals surface area contributed by atoms with E-state index in [2.05, 4.69) is 42.7 Å². The highest BCUT2D eigenvalue weighted by Gasteiger charge is 2.23. The predicted octanol–water partition coefficient (Wildman–Crippen LogP) is 4.88. The van der Waals surface area contributed by atoms with Crippen molar-refractivity contribution in [1.82, 2.24) is 10.9 Å². The Labute approximate surface area is 192 Å². The van der Waals surface area contributed by atoms with Crippen molar-refractivity contribution < 1.29 is 14.3 Å². The summed E-state index contributed by atoms with van der Waals surface area (Å²) in [6.07, 6.45) is 0. The van der Waals surface area contributed by atoms with Crippen LogP contribution in [0.1, 0.15) is 22.6 Å². The van der Waals surface area contributed by atoms with Gasteiger partial charge in [-0.3, -0.25) is 20.4 Å². The predicted molar refractivity (Wildman–Crippen MR) is 123 cm³/mol. The average molecular weight is 532 g/mol. The Morgan fingerprint density at radius 1 is 0.900 bits per heavy atom. The van der Waals surface area contributed by atoms with Crippen molar-refractivity contribution in [1.29, 1.82) is 0 Å². The molecule has 0 aliphatic rings. The van der Waals surface area contributed by atoms with E-state index in [1.165, 1.54) is 0 Å². The second kappa shape index (κ2) is 10.4. The smallest absolute Gasteiger partial charge is 0.276 e. The Kier molecular flexibility index (Phi) is 7.65. The lowest BCUT2D eigenvalue weighted by atomic mass is 9.91. The van der Waals surface area contributed by atoms with Crippen molar-refractivity contribution in [3.63, 3.8) is 0 Å². The zero-order valence-electron chi connectivity index (χ0n) is 16.2. The fraction of sp³-hybridized carbons (Fsp3) is 0.130. The topological polar surface area (TPSA) is 67.4 Å². The SMILES string of the molecule is Cc1cc(Br)cc(Br)c1OCC(=O)NNC(=O)C(c1ccccc1)c1ccccc1. The molecule has 2 amide bonds. The third-order valence-corrected chi connectivity index (χ3v) is 5.44. The number of aryl methyl sites for hydroxylation is 1. The molecule has 5 nitrogen and oxygen atoms in total. The Morgan fingerprint density at radius 3 is 2.00 bits per heavy atom. The average Bonchev–Trinajstić information content (AvgIpc) is 2.73. The fourth-order valence-electron chi connectivity index (χ4n) is 3.04. The number of halogens is 2. The number of carbonyl (C=O) groups is 2. The number of ether oxygens (including phenoxy) is 1. The minimum atomic E-state index is -0.545. The van der Waals surface area contributed by atoms with Gasteiger partial charge < -0.3 is 4.74 Å². The van der Waals surface area contributed by atoms with Crippen molar-refractivity contribution in [3.05, 3.63) is 98.4 Å². The number of carbonyl (C=O) groups excluding carboxylic acids is 2. The first-order valence-electron chi connectivity index (χ1n) is 9.22. The molecule has 0 spiro atoms. The summed E-state index contributed by atoms with van der Waals surface area (Å²) in [4.78, 5) is 25.1. The summed E-state index contributed by atoms with van der Waals surface area (Å²) in [5, 5.41) is 0. The maximum atomic E-state index is 12.9. The van der Waals surface area contributed by atoms with Gasteiger partial charge in [0.25, 0.3) is 5.91 Å². The number of hydrogen-bond donors (Lipinski definition) is 2. The zero-order valence-corrected chi connectivity index (χ0v) is 19.4. The molecule has 0 fully saturated rings. The van der Waals surface area contributed by atoms with Crippen molar-refractivity contribution >= 4 is 43.7 Å². The molecule has 0 radical (unpaired) electrons. The van der Waals surface area contributed by atoms with Crippen molar-refractivity contribution in [2.75, 3.05) is 6.61 Å². The molecule has 3 aromatic carbocycles. The van der Waals surface area contributed by atoms with Crippen LogP contribution in [0.4, 0.5) is 0 Å². The molecule has 30 heavy (non-hydrogen) atoms. The minimum Gasteiger partial charge on any atom is -0.482 e. The molecule has 3 rings (SSSR count). The third kappa shape index (κ3) is 5.70. The molecule has 3 aromatic rings. The Bertz CT molecular complexity index is 965. The van der Waals surface area contributed by atoms with Crippen molar-refractivity contribution in [2.24, 2.45) is 0 Å². The summed E-state index contributed by atoms with van der Waals surface area (Å²) in [6.45, 7) is 1.65. The van der Waals surface area contributed by atoms with Crippen LogP contribution < -0.4 is 15.6 Å². The van der Waals surface area contributed by atoms with E-state index in [4.69, 9.17) is 4.74 Å². The highest BCUT2D eigenvalue weighted by molar-refractivity contribution is 9.11. The van der Waals surface area contributed by atoms with E-state index in [-0.39, 0.29) is 12.5 Å². The first-order chi connectivity index (χ1) is 14.5. The number of hydrogen-bond acceptors (Lipinski definition) is 3. The van der Waals surface area contributed by atoms with E-state index in [1.54, 1.807) is 0 Å². The molecule has 7 heteroatoms. The van der Waals surface area contributed by atoms with E-state index in [0.717, 1.165) is 25.6 Å². The number of nitrogens with one attached hydrogen (secondary N) is 2. The van der Waals surface area contributed by atoms with E-state index < -0.39 is 11.8 Å². The largest absolute Gasteiger partial charge is 0.482 e. The summed E-state index contributed by atoms with van der Waals surface area (Å²) >= 11 is 6.83. The summed E-state index contributed by atoms with van der Waals surface area (Å²) < 4.78 is 7.26. The monoisotopic (exact) mass is 530 g/mol. The van der Waals surface area contributed by atoms with Crippen LogP contribution in [0.5, 0.6) is 5.75 Å². The molecule has 0 saturated heterocycles. The van der Waals surface area contributed by atoms with Gasteiger partial charge in [0, 0.05) is 4.47 Å². The second-order valence-corrected chi connectivity index (χ2v) is 8.38. The molecule has 0 heterocycles. The molecular formula is C23H20Br2N2O3. The summed E-state index contributed by atoms with van der Waals surface area (Å²) in [7, 11) is 0. The maximum absolute atomic E-state index is 12.9. The highest BCUT2D eigenvalue weighted by Crippen LogP contribution is 2.32. The summed E-state index contributed by atoms with van der Waals surface area (Å²) in [6, 6.07) is 22.6. The van der Waals surface area contributed by atoms with Crippen molar-refractivity contribution in [3.8, 4) is 5.75 Å². The molecule has 0 aromatic heterocycles. The normalized spacial score (nSPS) is 10.5.